The molecule has 7 heteroatoms. The Labute approximate surface area is 140 Å². The number of rotatable bonds is 3. The van der Waals surface area contributed by atoms with Gasteiger partial charge in [0.25, 0.3) is 5.91 Å². The topological polar surface area (TPSA) is 95.6 Å². The molecule has 1 fully saturated rings. The molecule has 1 saturated heterocycles. The third-order valence-electron chi connectivity index (χ3n) is 4.99. The summed E-state index contributed by atoms with van der Waals surface area (Å²) in [6, 6.07) is 0.134. The van der Waals surface area contributed by atoms with Gasteiger partial charge in [-0.1, -0.05) is 0 Å². The number of carbonyl (C=O) groups excluding carboxylic acids is 1. The second-order valence-electron chi connectivity index (χ2n) is 6.64. The van der Waals surface area contributed by atoms with Crippen molar-refractivity contribution in [3.63, 3.8) is 0 Å². The van der Waals surface area contributed by atoms with Gasteiger partial charge in [0.15, 0.2) is 0 Å². The summed E-state index contributed by atoms with van der Waals surface area (Å²) in [5, 5.41) is 13.5. The number of aromatic amines is 1. The SMILES string of the molecule is O=C(NC1CCc2cn[nH]c2C1)c1cnc(C2CCNCC2)nc1. The lowest BCUT2D eigenvalue weighted by Crippen LogP contribution is -2.39. The van der Waals surface area contributed by atoms with Crippen molar-refractivity contribution in [1.29, 1.82) is 0 Å². The van der Waals surface area contributed by atoms with E-state index in [2.05, 4.69) is 30.8 Å². The number of nitrogens with zero attached hydrogens (tertiary/aromatic N) is 3. The first-order valence-corrected chi connectivity index (χ1v) is 8.64. The second-order valence-corrected chi connectivity index (χ2v) is 6.64. The van der Waals surface area contributed by atoms with E-state index in [0.717, 1.165) is 56.7 Å². The van der Waals surface area contributed by atoms with Crippen molar-refractivity contribution in [2.45, 2.75) is 44.1 Å². The molecule has 2 aliphatic rings. The van der Waals surface area contributed by atoms with Crippen LogP contribution in [0.3, 0.4) is 0 Å². The van der Waals surface area contributed by atoms with Gasteiger partial charge in [-0.2, -0.15) is 5.10 Å². The molecular weight excluding hydrogens is 304 g/mol. The van der Waals surface area contributed by atoms with Gasteiger partial charge >= 0.3 is 0 Å². The normalized spacial score (nSPS) is 21.2. The lowest BCUT2D eigenvalue weighted by molar-refractivity contribution is 0.0932. The number of hydrogen-bond donors (Lipinski definition) is 3. The van der Waals surface area contributed by atoms with Crippen molar-refractivity contribution in [3.05, 3.63) is 41.2 Å². The Balaban J connectivity index is 1.38. The molecule has 1 amide bonds. The largest absolute Gasteiger partial charge is 0.349 e. The first-order valence-electron chi connectivity index (χ1n) is 8.64. The van der Waals surface area contributed by atoms with Crippen molar-refractivity contribution in [2.24, 2.45) is 0 Å². The van der Waals surface area contributed by atoms with E-state index in [1.165, 1.54) is 5.56 Å². The minimum absolute atomic E-state index is 0.0974. The van der Waals surface area contributed by atoms with Gasteiger partial charge in [0.2, 0.25) is 0 Å². The molecule has 4 rings (SSSR count). The fraction of sp³-hybridized carbons (Fsp3) is 0.529. The molecule has 3 N–H and O–H groups in total. The number of nitrogens with one attached hydrogen (secondary N) is 3. The molecule has 1 aliphatic heterocycles. The summed E-state index contributed by atoms with van der Waals surface area (Å²) in [5.41, 5.74) is 2.92. The maximum atomic E-state index is 12.4. The minimum atomic E-state index is -0.0974. The predicted octanol–water partition coefficient (Wildman–Crippen LogP) is 0.954. The summed E-state index contributed by atoms with van der Waals surface area (Å²) in [7, 11) is 0. The molecule has 1 unspecified atom stereocenters. The van der Waals surface area contributed by atoms with Gasteiger partial charge < -0.3 is 10.6 Å². The summed E-state index contributed by atoms with van der Waals surface area (Å²) in [4.78, 5) is 21.3. The van der Waals surface area contributed by atoms with Crippen LogP contribution in [0.2, 0.25) is 0 Å². The molecule has 0 saturated carbocycles. The fourth-order valence-corrected chi connectivity index (χ4v) is 3.55. The van der Waals surface area contributed by atoms with Crippen LogP contribution in [0, 0.1) is 0 Å². The zero-order valence-corrected chi connectivity index (χ0v) is 13.6. The molecule has 7 nitrogen and oxygen atoms in total. The molecule has 24 heavy (non-hydrogen) atoms. The zero-order chi connectivity index (χ0) is 16.4. The van der Waals surface area contributed by atoms with E-state index in [4.69, 9.17) is 0 Å². The second kappa shape index (κ2) is 6.68. The van der Waals surface area contributed by atoms with Crippen molar-refractivity contribution in [1.82, 2.24) is 30.8 Å². The number of piperidine rings is 1. The Morgan fingerprint density at radius 3 is 2.71 bits per heavy atom. The van der Waals surface area contributed by atoms with Crippen LogP contribution < -0.4 is 10.6 Å². The number of aromatic nitrogens is 4. The highest BCUT2D eigenvalue weighted by atomic mass is 16.1. The molecule has 0 aromatic carbocycles. The van der Waals surface area contributed by atoms with E-state index < -0.39 is 0 Å². The smallest absolute Gasteiger partial charge is 0.254 e. The molecule has 2 aromatic rings. The van der Waals surface area contributed by atoms with Gasteiger partial charge in [-0.3, -0.25) is 9.89 Å². The van der Waals surface area contributed by atoms with Gasteiger partial charge in [0.1, 0.15) is 5.82 Å². The van der Waals surface area contributed by atoms with Crippen LogP contribution in [0.4, 0.5) is 0 Å². The number of carbonyl (C=O) groups is 1. The fourth-order valence-electron chi connectivity index (χ4n) is 3.55. The Hall–Kier alpha value is -2.28. The number of H-pyrrole nitrogens is 1. The Bertz CT molecular complexity index is 704. The molecule has 0 bridgehead atoms. The first-order chi connectivity index (χ1) is 11.8. The van der Waals surface area contributed by atoms with Crippen LogP contribution in [0.5, 0.6) is 0 Å². The molecular formula is C17H22N6O. The third kappa shape index (κ3) is 3.17. The Kier molecular flexibility index (Phi) is 4.25. The number of hydrogen-bond acceptors (Lipinski definition) is 5. The van der Waals surface area contributed by atoms with Crippen LogP contribution in [0.15, 0.2) is 18.6 Å². The summed E-state index contributed by atoms with van der Waals surface area (Å²) in [6.07, 6.45) is 9.98. The van der Waals surface area contributed by atoms with E-state index >= 15 is 0 Å². The van der Waals surface area contributed by atoms with Gasteiger partial charge in [0.05, 0.1) is 11.8 Å². The summed E-state index contributed by atoms with van der Waals surface area (Å²) >= 11 is 0. The molecule has 1 aliphatic carbocycles. The van der Waals surface area contributed by atoms with Gasteiger partial charge in [-0.25, -0.2) is 9.97 Å². The number of aryl methyl sites for hydroxylation is 1. The van der Waals surface area contributed by atoms with Crippen LogP contribution in [0.1, 0.15) is 52.6 Å². The maximum Gasteiger partial charge on any atom is 0.254 e. The van der Waals surface area contributed by atoms with Crippen LogP contribution >= 0.6 is 0 Å². The zero-order valence-electron chi connectivity index (χ0n) is 13.6. The highest BCUT2D eigenvalue weighted by molar-refractivity contribution is 5.93. The first kappa shape index (κ1) is 15.3. The average Bonchev–Trinajstić information content (AvgIpc) is 3.10. The third-order valence-corrected chi connectivity index (χ3v) is 4.99. The number of amides is 1. The highest BCUT2D eigenvalue weighted by Crippen LogP contribution is 2.22. The van der Waals surface area contributed by atoms with Gasteiger partial charge in [-0.05, 0) is 44.3 Å². The van der Waals surface area contributed by atoms with Crippen molar-refractivity contribution in [2.75, 3.05) is 13.1 Å². The van der Waals surface area contributed by atoms with Crippen LogP contribution in [-0.2, 0) is 12.8 Å². The van der Waals surface area contributed by atoms with E-state index in [1.54, 1.807) is 12.4 Å². The van der Waals surface area contributed by atoms with Gasteiger partial charge in [0, 0.05) is 36.5 Å². The predicted molar refractivity (Wildman–Crippen MR) is 88.7 cm³/mol. The molecule has 2 aromatic heterocycles. The average molecular weight is 326 g/mol. The summed E-state index contributed by atoms with van der Waals surface area (Å²) in [5.74, 6) is 1.16. The van der Waals surface area contributed by atoms with E-state index in [0.29, 0.717) is 11.5 Å². The van der Waals surface area contributed by atoms with Crippen molar-refractivity contribution >= 4 is 5.91 Å². The highest BCUT2D eigenvalue weighted by Gasteiger charge is 2.23. The van der Waals surface area contributed by atoms with Gasteiger partial charge in [-0.15, -0.1) is 0 Å². The standard InChI is InChI=1S/C17H22N6O/c24-17(22-14-2-1-12-10-21-23-15(12)7-14)13-8-19-16(20-9-13)11-3-5-18-6-4-11/h8-11,14,18H,1-7H2,(H,21,23)(H,22,24). The molecule has 1 atom stereocenters. The number of fused-ring (bicyclic) bond motifs is 1. The van der Waals surface area contributed by atoms with Crippen LogP contribution in [-0.4, -0.2) is 45.2 Å². The van der Waals surface area contributed by atoms with E-state index in [9.17, 15) is 4.79 Å². The van der Waals surface area contributed by atoms with Crippen molar-refractivity contribution < 1.29 is 4.79 Å². The van der Waals surface area contributed by atoms with E-state index in [-0.39, 0.29) is 11.9 Å². The Morgan fingerprint density at radius 1 is 1.12 bits per heavy atom. The monoisotopic (exact) mass is 326 g/mol. The quantitative estimate of drug-likeness (QED) is 0.781. The maximum absolute atomic E-state index is 12.4. The van der Waals surface area contributed by atoms with Crippen LogP contribution in [0.25, 0.3) is 0 Å². The molecule has 0 spiro atoms. The summed E-state index contributed by atoms with van der Waals surface area (Å²) < 4.78 is 0. The molecule has 126 valence electrons. The summed E-state index contributed by atoms with van der Waals surface area (Å²) in [6.45, 7) is 2.01. The molecule has 0 radical (unpaired) electrons. The Morgan fingerprint density at radius 2 is 1.92 bits per heavy atom. The van der Waals surface area contributed by atoms with Crippen molar-refractivity contribution in [3.8, 4) is 0 Å². The lowest BCUT2D eigenvalue weighted by Gasteiger charge is -2.23. The lowest BCUT2D eigenvalue weighted by atomic mass is 9.93. The van der Waals surface area contributed by atoms with E-state index in [1.807, 2.05) is 6.20 Å². The minimum Gasteiger partial charge on any atom is -0.349 e. The molecule has 3 heterocycles.